The van der Waals surface area contributed by atoms with Crippen LogP contribution in [0.25, 0.3) is 0 Å². The van der Waals surface area contributed by atoms with E-state index in [9.17, 15) is 5.11 Å². The summed E-state index contributed by atoms with van der Waals surface area (Å²) in [6.07, 6.45) is 3.71. The van der Waals surface area contributed by atoms with Gasteiger partial charge < -0.3 is 10.4 Å². The zero-order valence-electron chi connectivity index (χ0n) is 12.0. The first-order valence-corrected chi connectivity index (χ1v) is 7.37. The van der Waals surface area contributed by atoms with Crippen LogP contribution in [0.4, 0.5) is 5.69 Å². The molecule has 1 fully saturated rings. The molecule has 3 nitrogen and oxygen atoms in total. The molecule has 1 aliphatic carbocycles. The second-order valence-corrected chi connectivity index (χ2v) is 6.96. The van der Waals surface area contributed by atoms with Crippen molar-refractivity contribution in [3.8, 4) is 6.07 Å². The van der Waals surface area contributed by atoms with Crippen molar-refractivity contribution in [1.29, 1.82) is 5.26 Å². The number of nitriles is 1. The molecule has 1 saturated carbocycles. The Balaban J connectivity index is 1.96. The van der Waals surface area contributed by atoms with Gasteiger partial charge >= 0.3 is 0 Å². The molecule has 0 spiro atoms. The Morgan fingerprint density at radius 2 is 1.95 bits per heavy atom. The molecular formula is C16H21ClN2O. The first-order valence-electron chi connectivity index (χ1n) is 7.00. The zero-order valence-corrected chi connectivity index (χ0v) is 12.8. The maximum Gasteiger partial charge on any atom is 0.101 e. The van der Waals surface area contributed by atoms with Crippen molar-refractivity contribution in [2.24, 2.45) is 5.41 Å². The van der Waals surface area contributed by atoms with Gasteiger partial charge in [-0.15, -0.1) is 0 Å². The second kappa shape index (κ2) is 5.63. The van der Waals surface area contributed by atoms with Gasteiger partial charge in [-0.3, -0.25) is 0 Å². The number of rotatable bonds is 3. The molecule has 0 amide bonds. The number of halogens is 1. The van der Waals surface area contributed by atoms with Crippen LogP contribution in [0.5, 0.6) is 0 Å². The fourth-order valence-corrected chi connectivity index (χ4v) is 2.77. The summed E-state index contributed by atoms with van der Waals surface area (Å²) >= 11 is 6.00. The standard InChI is InChI=1S/C16H21ClN2O/c1-15(2)5-7-16(20,8-6-15)11-19-13-4-3-12(10-18)14(17)9-13/h3-4,9,19-20H,5-8,11H2,1-2H3. The lowest BCUT2D eigenvalue weighted by Gasteiger charge is -2.40. The summed E-state index contributed by atoms with van der Waals surface area (Å²) in [7, 11) is 0. The summed E-state index contributed by atoms with van der Waals surface area (Å²) in [5.74, 6) is 0. The molecule has 108 valence electrons. The highest BCUT2D eigenvalue weighted by Gasteiger charge is 2.36. The molecule has 1 aromatic carbocycles. The largest absolute Gasteiger partial charge is 0.388 e. The van der Waals surface area contributed by atoms with Gasteiger partial charge in [0.1, 0.15) is 6.07 Å². The highest BCUT2D eigenvalue weighted by atomic mass is 35.5. The zero-order chi connectivity index (χ0) is 14.8. The van der Waals surface area contributed by atoms with Crippen molar-refractivity contribution in [2.75, 3.05) is 11.9 Å². The van der Waals surface area contributed by atoms with Crippen molar-refractivity contribution in [2.45, 2.75) is 45.1 Å². The third-order valence-electron chi connectivity index (χ3n) is 4.25. The summed E-state index contributed by atoms with van der Waals surface area (Å²) in [5, 5.41) is 23.1. The van der Waals surface area contributed by atoms with Gasteiger partial charge in [-0.2, -0.15) is 5.26 Å². The number of nitrogens with one attached hydrogen (secondary N) is 1. The molecule has 0 aliphatic heterocycles. The lowest BCUT2D eigenvalue weighted by molar-refractivity contribution is -0.0145. The highest BCUT2D eigenvalue weighted by Crippen LogP contribution is 2.40. The van der Waals surface area contributed by atoms with Gasteiger partial charge in [0.15, 0.2) is 0 Å². The van der Waals surface area contributed by atoms with E-state index in [4.69, 9.17) is 16.9 Å². The van der Waals surface area contributed by atoms with E-state index < -0.39 is 5.60 Å². The van der Waals surface area contributed by atoms with Gasteiger partial charge in [-0.25, -0.2) is 0 Å². The maximum atomic E-state index is 10.6. The molecule has 2 rings (SSSR count). The van der Waals surface area contributed by atoms with Crippen LogP contribution in [0.2, 0.25) is 5.02 Å². The number of hydrogen-bond acceptors (Lipinski definition) is 3. The van der Waals surface area contributed by atoms with E-state index in [0.717, 1.165) is 31.4 Å². The van der Waals surface area contributed by atoms with E-state index in [0.29, 0.717) is 22.5 Å². The average Bonchev–Trinajstić information content (AvgIpc) is 2.41. The highest BCUT2D eigenvalue weighted by molar-refractivity contribution is 6.32. The second-order valence-electron chi connectivity index (χ2n) is 6.55. The number of hydrogen-bond donors (Lipinski definition) is 2. The Kier molecular flexibility index (Phi) is 4.27. The molecule has 0 atom stereocenters. The Morgan fingerprint density at radius 1 is 1.30 bits per heavy atom. The van der Waals surface area contributed by atoms with E-state index >= 15 is 0 Å². The smallest absolute Gasteiger partial charge is 0.101 e. The van der Waals surface area contributed by atoms with E-state index in [1.54, 1.807) is 12.1 Å². The predicted molar refractivity (Wildman–Crippen MR) is 81.9 cm³/mol. The van der Waals surface area contributed by atoms with Gasteiger partial charge in [0, 0.05) is 12.2 Å². The minimum absolute atomic E-state index is 0.337. The third-order valence-corrected chi connectivity index (χ3v) is 4.56. The SMILES string of the molecule is CC1(C)CCC(O)(CNc2ccc(C#N)c(Cl)c2)CC1. The Bertz CT molecular complexity index is 524. The molecule has 1 aliphatic rings. The molecule has 0 heterocycles. The number of aliphatic hydroxyl groups is 1. The van der Waals surface area contributed by atoms with Crippen LogP contribution in [-0.4, -0.2) is 17.3 Å². The molecule has 20 heavy (non-hydrogen) atoms. The third kappa shape index (κ3) is 3.65. The van der Waals surface area contributed by atoms with E-state index in [-0.39, 0.29) is 0 Å². The molecule has 2 N–H and O–H groups in total. The fourth-order valence-electron chi connectivity index (χ4n) is 2.55. The van der Waals surface area contributed by atoms with E-state index in [1.165, 1.54) is 0 Å². The number of anilines is 1. The summed E-state index contributed by atoms with van der Waals surface area (Å²) in [4.78, 5) is 0. The molecule has 0 saturated heterocycles. The van der Waals surface area contributed by atoms with Crippen molar-refractivity contribution in [1.82, 2.24) is 0 Å². The van der Waals surface area contributed by atoms with Crippen LogP contribution >= 0.6 is 11.6 Å². The van der Waals surface area contributed by atoms with Crippen LogP contribution in [0.3, 0.4) is 0 Å². The van der Waals surface area contributed by atoms with Crippen LogP contribution in [-0.2, 0) is 0 Å². The minimum Gasteiger partial charge on any atom is -0.388 e. The van der Waals surface area contributed by atoms with Gasteiger partial charge in [-0.1, -0.05) is 25.4 Å². The van der Waals surface area contributed by atoms with Gasteiger partial charge in [-0.05, 0) is 49.3 Å². The normalized spacial score (nSPS) is 20.1. The Labute approximate surface area is 125 Å². The predicted octanol–water partition coefficient (Wildman–Crippen LogP) is 3.95. The summed E-state index contributed by atoms with van der Waals surface area (Å²) < 4.78 is 0. The first-order chi connectivity index (χ1) is 9.34. The molecule has 0 unspecified atom stereocenters. The van der Waals surface area contributed by atoms with Crippen molar-refractivity contribution < 1.29 is 5.11 Å². The van der Waals surface area contributed by atoms with E-state index in [2.05, 4.69) is 19.2 Å². The summed E-state index contributed by atoms with van der Waals surface area (Å²) in [5.41, 5.74) is 1.00. The molecule has 0 aromatic heterocycles. The average molecular weight is 293 g/mol. The first kappa shape index (κ1) is 15.2. The number of nitrogens with zero attached hydrogens (tertiary/aromatic N) is 1. The minimum atomic E-state index is -0.643. The maximum absolute atomic E-state index is 10.6. The monoisotopic (exact) mass is 292 g/mol. The van der Waals surface area contributed by atoms with Crippen LogP contribution in [0.1, 0.15) is 45.1 Å². The lowest BCUT2D eigenvalue weighted by atomic mass is 9.71. The summed E-state index contributed by atoms with van der Waals surface area (Å²) in [6.45, 7) is 5.02. The van der Waals surface area contributed by atoms with Crippen molar-refractivity contribution in [3.63, 3.8) is 0 Å². The van der Waals surface area contributed by atoms with Crippen molar-refractivity contribution in [3.05, 3.63) is 28.8 Å². The molecule has 1 aromatic rings. The van der Waals surface area contributed by atoms with Crippen LogP contribution < -0.4 is 5.32 Å². The van der Waals surface area contributed by atoms with Crippen molar-refractivity contribution >= 4 is 17.3 Å². The number of benzene rings is 1. The molecule has 0 bridgehead atoms. The van der Waals surface area contributed by atoms with E-state index in [1.807, 2.05) is 12.1 Å². The molecular weight excluding hydrogens is 272 g/mol. The van der Waals surface area contributed by atoms with Crippen LogP contribution in [0.15, 0.2) is 18.2 Å². The lowest BCUT2D eigenvalue weighted by Crippen LogP contribution is -2.42. The van der Waals surface area contributed by atoms with Gasteiger partial charge in [0.25, 0.3) is 0 Å². The van der Waals surface area contributed by atoms with Gasteiger partial charge in [0.2, 0.25) is 0 Å². The Hall–Kier alpha value is -1.24. The quantitative estimate of drug-likeness (QED) is 0.887. The summed E-state index contributed by atoms with van der Waals surface area (Å²) in [6, 6.07) is 7.28. The molecule has 4 heteroatoms. The van der Waals surface area contributed by atoms with Crippen LogP contribution in [0, 0.1) is 16.7 Å². The molecule has 0 radical (unpaired) electrons. The Morgan fingerprint density at radius 3 is 2.50 bits per heavy atom. The fraction of sp³-hybridized carbons (Fsp3) is 0.562. The van der Waals surface area contributed by atoms with Gasteiger partial charge in [0.05, 0.1) is 16.2 Å². The topological polar surface area (TPSA) is 56.0 Å².